The summed E-state index contributed by atoms with van der Waals surface area (Å²) in [4.78, 5) is 16.7. The minimum absolute atomic E-state index is 0.151. The van der Waals surface area contributed by atoms with Crippen molar-refractivity contribution in [2.24, 2.45) is 11.8 Å². The molecule has 0 bridgehead atoms. The van der Waals surface area contributed by atoms with E-state index >= 15 is 0 Å². The second-order valence-corrected chi connectivity index (χ2v) is 6.95. The summed E-state index contributed by atoms with van der Waals surface area (Å²) in [5.41, 5.74) is 0. The van der Waals surface area contributed by atoms with Gasteiger partial charge in [0.25, 0.3) is 0 Å². The van der Waals surface area contributed by atoms with Crippen LogP contribution in [0, 0.1) is 11.8 Å². The maximum Gasteiger partial charge on any atom is 0.317 e. The average Bonchev–Trinajstić information content (AvgIpc) is 2.46. The highest BCUT2D eigenvalue weighted by Crippen LogP contribution is 2.18. The van der Waals surface area contributed by atoms with Gasteiger partial charge in [-0.3, -0.25) is 0 Å². The first kappa shape index (κ1) is 15.6. The Kier molecular flexibility index (Phi) is 5.70. The van der Waals surface area contributed by atoms with Crippen molar-refractivity contribution >= 4 is 6.03 Å². The summed E-state index contributed by atoms with van der Waals surface area (Å²) < 4.78 is 0. The molecule has 4 nitrogen and oxygen atoms in total. The molecule has 2 rings (SSSR count). The number of piperidine rings is 2. The van der Waals surface area contributed by atoms with Crippen LogP contribution < -0.4 is 5.32 Å². The number of urea groups is 1. The van der Waals surface area contributed by atoms with E-state index in [-0.39, 0.29) is 6.03 Å². The lowest BCUT2D eigenvalue weighted by atomic mass is 9.97. The molecule has 2 saturated heterocycles. The Hall–Kier alpha value is -0.770. The number of carbonyl (C=O) groups excluding carboxylic acids is 1. The fraction of sp³-hybridized carbons (Fsp3) is 0.938. The van der Waals surface area contributed by atoms with Crippen molar-refractivity contribution in [3.05, 3.63) is 0 Å². The van der Waals surface area contributed by atoms with Crippen molar-refractivity contribution in [1.29, 1.82) is 0 Å². The van der Waals surface area contributed by atoms with Crippen LogP contribution in [0.5, 0.6) is 0 Å². The van der Waals surface area contributed by atoms with Gasteiger partial charge in [-0.2, -0.15) is 0 Å². The van der Waals surface area contributed by atoms with E-state index in [2.05, 4.69) is 31.0 Å². The topological polar surface area (TPSA) is 35.6 Å². The Morgan fingerprint density at radius 1 is 1.20 bits per heavy atom. The Labute approximate surface area is 123 Å². The highest BCUT2D eigenvalue weighted by atomic mass is 16.2. The molecule has 0 aromatic carbocycles. The van der Waals surface area contributed by atoms with Crippen LogP contribution in [0.3, 0.4) is 0 Å². The largest absolute Gasteiger partial charge is 0.338 e. The van der Waals surface area contributed by atoms with Crippen molar-refractivity contribution in [3.63, 3.8) is 0 Å². The first-order chi connectivity index (χ1) is 9.56. The number of amides is 2. The van der Waals surface area contributed by atoms with Gasteiger partial charge >= 0.3 is 6.03 Å². The van der Waals surface area contributed by atoms with Crippen molar-refractivity contribution in [2.45, 2.75) is 52.5 Å². The zero-order valence-electron chi connectivity index (χ0n) is 13.4. The van der Waals surface area contributed by atoms with Gasteiger partial charge < -0.3 is 15.1 Å². The lowest BCUT2D eigenvalue weighted by molar-refractivity contribution is 0.134. The molecule has 2 aliphatic rings. The van der Waals surface area contributed by atoms with Gasteiger partial charge in [-0.1, -0.05) is 6.92 Å². The van der Waals surface area contributed by atoms with E-state index in [1.54, 1.807) is 0 Å². The summed E-state index contributed by atoms with van der Waals surface area (Å²) in [6.45, 7) is 11.8. The minimum atomic E-state index is 0.151. The maximum atomic E-state index is 12.2. The molecular formula is C16H31N3O. The molecule has 0 aromatic heterocycles. The van der Waals surface area contributed by atoms with E-state index in [0.717, 1.165) is 44.9 Å². The molecule has 0 saturated carbocycles. The summed E-state index contributed by atoms with van der Waals surface area (Å²) in [5, 5.41) is 3.16. The predicted molar refractivity (Wildman–Crippen MR) is 82.8 cm³/mol. The van der Waals surface area contributed by atoms with Crippen molar-refractivity contribution < 1.29 is 4.79 Å². The molecule has 1 atom stereocenters. The fourth-order valence-electron chi connectivity index (χ4n) is 3.29. The van der Waals surface area contributed by atoms with Gasteiger partial charge in [0, 0.05) is 32.2 Å². The van der Waals surface area contributed by atoms with Crippen LogP contribution in [0.2, 0.25) is 0 Å². The molecule has 0 spiro atoms. The van der Waals surface area contributed by atoms with E-state index in [1.807, 2.05) is 4.90 Å². The number of rotatable bonds is 3. The zero-order valence-corrected chi connectivity index (χ0v) is 13.4. The molecule has 2 amide bonds. The zero-order chi connectivity index (χ0) is 14.5. The summed E-state index contributed by atoms with van der Waals surface area (Å²) in [7, 11) is 0. The molecule has 0 aliphatic carbocycles. The third-order valence-corrected chi connectivity index (χ3v) is 4.89. The number of hydrogen-bond acceptors (Lipinski definition) is 2. The number of nitrogens with zero attached hydrogens (tertiary/aromatic N) is 2. The smallest absolute Gasteiger partial charge is 0.317 e. The second-order valence-electron chi connectivity index (χ2n) is 6.95. The molecule has 20 heavy (non-hydrogen) atoms. The van der Waals surface area contributed by atoms with Gasteiger partial charge in [0.05, 0.1) is 0 Å². The minimum Gasteiger partial charge on any atom is -0.338 e. The summed E-state index contributed by atoms with van der Waals surface area (Å²) >= 11 is 0. The van der Waals surface area contributed by atoms with Crippen LogP contribution in [0.4, 0.5) is 4.79 Å². The number of hydrogen-bond donors (Lipinski definition) is 1. The Balaban J connectivity index is 1.70. The van der Waals surface area contributed by atoms with Crippen LogP contribution in [-0.4, -0.2) is 54.6 Å². The van der Waals surface area contributed by atoms with Gasteiger partial charge in [0.15, 0.2) is 0 Å². The van der Waals surface area contributed by atoms with E-state index in [9.17, 15) is 4.79 Å². The normalized spacial score (nSPS) is 26.0. The molecule has 2 aliphatic heterocycles. The molecule has 4 heteroatoms. The summed E-state index contributed by atoms with van der Waals surface area (Å²) in [6, 6.07) is 0.774. The molecule has 0 aromatic rings. The fourth-order valence-corrected chi connectivity index (χ4v) is 3.29. The van der Waals surface area contributed by atoms with E-state index < -0.39 is 0 Å². The number of likely N-dealkylation sites (tertiary alicyclic amines) is 2. The van der Waals surface area contributed by atoms with Crippen LogP contribution in [0.15, 0.2) is 0 Å². The number of nitrogens with one attached hydrogen (secondary N) is 1. The lowest BCUT2D eigenvalue weighted by Crippen LogP contribution is -2.48. The molecule has 2 heterocycles. The van der Waals surface area contributed by atoms with E-state index in [0.29, 0.717) is 12.0 Å². The van der Waals surface area contributed by atoms with Crippen LogP contribution in [0.1, 0.15) is 46.5 Å². The monoisotopic (exact) mass is 281 g/mol. The van der Waals surface area contributed by atoms with Gasteiger partial charge in [0.2, 0.25) is 0 Å². The van der Waals surface area contributed by atoms with Crippen molar-refractivity contribution in [2.75, 3.05) is 32.7 Å². The summed E-state index contributed by atoms with van der Waals surface area (Å²) in [5.74, 6) is 1.40. The maximum absolute atomic E-state index is 12.2. The highest BCUT2D eigenvalue weighted by Gasteiger charge is 2.24. The summed E-state index contributed by atoms with van der Waals surface area (Å²) in [6.07, 6.45) is 4.82. The lowest BCUT2D eigenvalue weighted by Gasteiger charge is -2.36. The van der Waals surface area contributed by atoms with Crippen LogP contribution in [-0.2, 0) is 0 Å². The molecular weight excluding hydrogens is 250 g/mol. The average molecular weight is 281 g/mol. The molecule has 1 unspecified atom stereocenters. The molecule has 1 N–H and O–H groups in total. The standard InChI is InChI=1S/C16H31N3O/c1-13(2)19-8-4-5-15(12-19)11-17-16(20)18-9-6-14(3)7-10-18/h13-15H,4-12H2,1-3H3,(H,17,20). The van der Waals surface area contributed by atoms with Crippen LogP contribution >= 0.6 is 0 Å². The highest BCUT2D eigenvalue weighted by molar-refractivity contribution is 5.74. The van der Waals surface area contributed by atoms with Gasteiger partial charge in [-0.15, -0.1) is 0 Å². The molecule has 2 fully saturated rings. The third-order valence-electron chi connectivity index (χ3n) is 4.89. The molecule has 116 valence electrons. The SMILES string of the molecule is CC1CCN(C(=O)NCC2CCCN(C(C)C)C2)CC1. The van der Waals surface area contributed by atoms with Crippen molar-refractivity contribution in [1.82, 2.24) is 15.1 Å². The number of carbonyl (C=O) groups is 1. The Morgan fingerprint density at radius 3 is 2.55 bits per heavy atom. The van der Waals surface area contributed by atoms with Gasteiger partial charge in [-0.25, -0.2) is 4.79 Å². The first-order valence-corrected chi connectivity index (χ1v) is 8.33. The van der Waals surface area contributed by atoms with Gasteiger partial charge in [-0.05, 0) is 57.9 Å². The van der Waals surface area contributed by atoms with E-state index in [4.69, 9.17) is 0 Å². The predicted octanol–water partition coefficient (Wildman–Crippen LogP) is 2.55. The second kappa shape index (κ2) is 7.30. The Bertz CT molecular complexity index is 311. The first-order valence-electron chi connectivity index (χ1n) is 8.33. The Morgan fingerprint density at radius 2 is 1.90 bits per heavy atom. The van der Waals surface area contributed by atoms with Crippen LogP contribution in [0.25, 0.3) is 0 Å². The third kappa shape index (κ3) is 4.37. The van der Waals surface area contributed by atoms with Gasteiger partial charge in [0.1, 0.15) is 0 Å². The molecule has 0 radical (unpaired) electrons. The quantitative estimate of drug-likeness (QED) is 0.863. The van der Waals surface area contributed by atoms with Crippen molar-refractivity contribution in [3.8, 4) is 0 Å². The van der Waals surface area contributed by atoms with E-state index in [1.165, 1.54) is 19.4 Å².